The highest BCUT2D eigenvalue weighted by molar-refractivity contribution is 7.37. The molecule has 0 aromatic rings. The number of rotatable bonds is 5. The van der Waals surface area contributed by atoms with Gasteiger partial charge in [-0.3, -0.25) is 0 Å². The Hall–Kier alpha value is -0.690. The van der Waals surface area contributed by atoms with E-state index in [1.54, 1.807) is 0 Å². The zero-order chi connectivity index (χ0) is 8.69. The fourth-order valence-corrected chi connectivity index (χ4v) is 1.08. The van der Waals surface area contributed by atoms with Gasteiger partial charge in [0.05, 0.1) is 6.35 Å². The number of carboxylic acid groups (broad SMARTS) is 1. The minimum atomic E-state index is -1.22. The average Bonchev–Trinajstić information content (AvgIpc) is 1.97. The van der Waals surface area contributed by atoms with Gasteiger partial charge < -0.3 is 10.2 Å². The summed E-state index contributed by atoms with van der Waals surface area (Å²) in [6, 6.07) is 0. The Morgan fingerprint density at radius 2 is 2.18 bits per heavy atom. The molecule has 4 nitrogen and oxygen atoms in total. The van der Waals surface area contributed by atoms with E-state index in [1.165, 1.54) is 5.94 Å². The number of carbonyl (C=O) groups excluding carboxylic acids is 1. The lowest BCUT2D eigenvalue weighted by atomic mass is 10.2. The molecule has 0 aliphatic rings. The highest BCUT2D eigenvalue weighted by atomic mass is 31.1. The first kappa shape index (κ1) is 10.3. The fourth-order valence-electron chi connectivity index (χ4n) is 0.494. The maximum atomic E-state index is 10.2. The van der Waals surface area contributed by atoms with Crippen LogP contribution in [0.4, 0.5) is 0 Å². The Labute approximate surface area is 65.7 Å². The van der Waals surface area contributed by atoms with E-state index in [-0.39, 0.29) is 18.3 Å². The average molecular weight is 176 g/mol. The highest BCUT2D eigenvalue weighted by Gasteiger charge is 2.06. The van der Waals surface area contributed by atoms with Crippen LogP contribution in [-0.2, 0) is 9.59 Å². The van der Waals surface area contributed by atoms with Gasteiger partial charge in [0.1, 0.15) is 11.5 Å². The molecule has 62 valence electrons. The molecule has 0 bridgehead atoms. The van der Waals surface area contributed by atoms with Crippen molar-refractivity contribution in [2.75, 3.05) is 12.5 Å². The summed E-state index contributed by atoms with van der Waals surface area (Å²) < 4.78 is 0. The normalized spacial score (nSPS) is 9.91. The SMILES string of the molecule is O=C=C(CCPCO)C(=O)O. The van der Waals surface area contributed by atoms with Crippen molar-refractivity contribution < 1.29 is 19.8 Å². The molecule has 0 aromatic heterocycles. The second-order valence-electron chi connectivity index (χ2n) is 1.79. The highest BCUT2D eigenvalue weighted by Crippen LogP contribution is 2.11. The predicted molar refractivity (Wildman–Crippen MR) is 41.7 cm³/mol. The van der Waals surface area contributed by atoms with E-state index in [1.807, 2.05) is 0 Å². The first-order valence-electron chi connectivity index (χ1n) is 3.01. The van der Waals surface area contributed by atoms with E-state index in [9.17, 15) is 9.59 Å². The Balaban J connectivity index is 3.73. The Morgan fingerprint density at radius 1 is 1.55 bits per heavy atom. The van der Waals surface area contributed by atoms with E-state index >= 15 is 0 Å². The molecule has 5 heteroatoms. The summed E-state index contributed by atoms with van der Waals surface area (Å²) in [5.74, 6) is 0.131. The van der Waals surface area contributed by atoms with E-state index in [4.69, 9.17) is 10.2 Å². The Bertz CT molecular complexity index is 183. The lowest BCUT2D eigenvalue weighted by Crippen LogP contribution is -2.02. The van der Waals surface area contributed by atoms with Crippen LogP contribution < -0.4 is 0 Å². The molecule has 0 saturated carbocycles. The molecule has 1 atom stereocenters. The summed E-state index contributed by atoms with van der Waals surface area (Å²) in [4.78, 5) is 20.1. The smallest absolute Gasteiger partial charge is 0.342 e. The van der Waals surface area contributed by atoms with Crippen molar-refractivity contribution in [3.8, 4) is 0 Å². The predicted octanol–water partition coefficient (Wildman–Crippen LogP) is -0.153. The quantitative estimate of drug-likeness (QED) is 0.264. The number of aliphatic hydroxyl groups is 1. The van der Waals surface area contributed by atoms with Crippen LogP contribution in [0.3, 0.4) is 0 Å². The van der Waals surface area contributed by atoms with Crippen LogP contribution in [0.15, 0.2) is 5.57 Å². The fraction of sp³-hybridized carbons (Fsp3) is 0.500. The molecule has 0 spiro atoms. The molecular formula is C6H9O4P. The molecular weight excluding hydrogens is 167 g/mol. The van der Waals surface area contributed by atoms with Crippen molar-refractivity contribution in [3.05, 3.63) is 5.57 Å². The van der Waals surface area contributed by atoms with E-state index in [0.717, 1.165) is 0 Å². The third kappa shape index (κ3) is 4.68. The Kier molecular flexibility index (Phi) is 5.67. The van der Waals surface area contributed by atoms with Crippen molar-refractivity contribution in [1.82, 2.24) is 0 Å². The van der Waals surface area contributed by atoms with Gasteiger partial charge in [0.25, 0.3) is 0 Å². The number of carboxylic acids is 1. The van der Waals surface area contributed by atoms with Gasteiger partial charge in [-0.2, -0.15) is 0 Å². The van der Waals surface area contributed by atoms with E-state index in [0.29, 0.717) is 14.7 Å². The summed E-state index contributed by atoms with van der Waals surface area (Å²) >= 11 is 0. The lowest BCUT2D eigenvalue weighted by molar-refractivity contribution is -0.132. The third-order valence-corrected chi connectivity index (χ3v) is 1.87. The Morgan fingerprint density at radius 3 is 2.55 bits per heavy atom. The van der Waals surface area contributed by atoms with Gasteiger partial charge in [-0.1, -0.05) is 8.58 Å². The largest absolute Gasteiger partial charge is 0.477 e. The number of hydrogen-bond acceptors (Lipinski definition) is 3. The molecule has 0 amide bonds. The second-order valence-corrected chi connectivity index (χ2v) is 3.11. The van der Waals surface area contributed by atoms with E-state index < -0.39 is 5.97 Å². The summed E-state index contributed by atoms with van der Waals surface area (Å²) in [7, 11) is 0.296. The number of hydrogen-bond donors (Lipinski definition) is 2. The molecule has 11 heavy (non-hydrogen) atoms. The summed E-state index contributed by atoms with van der Waals surface area (Å²) in [5.41, 5.74) is -0.244. The van der Waals surface area contributed by atoms with Gasteiger partial charge in [-0.15, -0.1) is 0 Å². The molecule has 0 radical (unpaired) electrons. The molecule has 0 aliphatic heterocycles. The zero-order valence-electron chi connectivity index (χ0n) is 5.83. The van der Waals surface area contributed by atoms with Crippen molar-refractivity contribution in [2.45, 2.75) is 6.42 Å². The molecule has 0 heterocycles. The molecule has 2 N–H and O–H groups in total. The number of carbonyl (C=O) groups is 1. The van der Waals surface area contributed by atoms with Crippen molar-refractivity contribution >= 4 is 20.5 Å². The van der Waals surface area contributed by atoms with Crippen LogP contribution in [0.1, 0.15) is 6.42 Å². The summed E-state index contributed by atoms with van der Waals surface area (Å²) in [6.45, 7) is 0. The van der Waals surface area contributed by atoms with Gasteiger partial charge in [-0.25, -0.2) is 9.59 Å². The van der Waals surface area contributed by atoms with Gasteiger partial charge in [-0.05, 0) is 12.6 Å². The summed E-state index contributed by atoms with van der Waals surface area (Å²) in [6.07, 6.45) is 0.775. The minimum absolute atomic E-state index is 0.0474. The van der Waals surface area contributed by atoms with Gasteiger partial charge in [0.2, 0.25) is 0 Å². The van der Waals surface area contributed by atoms with Crippen LogP contribution in [-0.4, -0.2) is 34.6 Å². The minimum Gasteiger partial charge on any atom is -0.477 e. The van der Waals surface area contributed by atoms with Gasteiger partial charge in [0.15, 0.2) is 0 Å². The molecule has 0 rings (SSSR count). The maximum absolute atomic E-state index is 10.2. The second kappa shape index (κ2) is 6.05. The molecule has 1 unspecified atom stereocenters. The molecule has 0 fully saturated rings. The van der Waals surface area contributed by atoms with Crippen molar-refractivity contribution in [1.29, 1.82) is 0 Å². The molecule has 0 aliphatic carbocycles. The van der Waals surface area contributed by atoms with Gasteiger partial charge in [0, 0.05) is 0 Å². The molecule has 0 saturated heterocycles. The monoisotopic (exact) mass is 176 g/mol. The van der Waals surface area contributed by atoms with Crippen molar-refractivity contribution in [3.63, 3.8) is 0 Å². The lowest BCUT2D eigenvalue weighted by Gasteiger charge is -1.95. The topological polar surface area (TPSA) is 74.6 Å². The van der Waals surface area contributed by atoms with Crippen LogP contribution in [0.25, 0.3) is 0 Å². The first-order chi connectivity index (χ1) is 5.22. The third-order valence-electron chi connectivity index (χ3n) is 1.04. The van der Waals surface area contributed by atoms with Crippen molar-refractivity contribution in [2.24, 2.45) is 0 Å². The van der Waals surface area contributed by atoms with Crippen LogP contribution in [0, 0.1) is 0 Å². The van der Waals surface area contributed by atoms with Crippen LogP contribution >= 0.6 is 8.58 Å². The standard InChI is InChI=1S/C6H9O4P/c7-3-5(6(9)10)1-2-11-4-8/h8,11H,1-2,4H2,(H,9,10). The summed E-state index contributed by atoms with van der Waals surface area (Å²) in [5, 5.41) is 16.7. The first-order valence-corrected chi connectivity index (χ1v) is 4.42. The number of aliphatic carboxylic acids is 1. The number of aliphatic hydroxyl groups excluding tert-OH is 1. The van der Waals surface area contributed by atoms with Crippen LogP contribution in [0.5, 0.6) is 0 Å². The van der Waals surface area contributed by atoms with Crippen LogP contribution in [0.2, 0.25) is 0 Å². The molecule has 0 aromatic carbocycles. The maximum Gasteiger partial charge on any atom is 0.342 e. The van der Waals surface area contributed by atoms with E-state index in [2.05, 4.69) is 0 Å². The van der Waals surface area contributed by atoms with Gasteiger partial charge >= 0.3 is 5.97 Å². The zero-order valence-corrected chi connectivity index (χ0v) is 6.83.